The third kappa shape index (κ3) is 9.85. The summed E-state index contributed by atoms with van der Waals surface area (Å²) in [6.45, 7) is 1.71. The van der Waals surface area contributed by atoms with E-state index >= 15 is 0 Å². The lowest BCUT2D eigenvalue weighted by Gasteiger charge is -2.10. The van der Waals surface area contributed by atoms with Gasteiger partial charge in [-0.05, 0) is 6.42 Å². The van der Waals surface area contributed by atoms with Gasteiger partial charge in [-0.15, -0.1) is 0 Å². The van der Waals surface area contributed by atoms with Crippen LogP contribution in [0.5, 0.6) is 0 Å². The van der Waals surface area contributed by atoms with Crippen LogP contribution in [0, 0.1) is 0 Å². The van der Waals surface area contributed by atoms with E-state index in [0.29, 0.717) is 6.42 Å². The minimum atomic E-state index is -4.07. The summed E-state index contributed by atoms with van der Waals surface area (Å²) in [5, 5.41) is 7.85. The molecule has 2 N–H and O–H groups in total. The maximum absolute atomic E-state index is 10.8. The fourth-order valence-corrected chi connectivity index (χ4v) is 2.67. The maximum Gasteiger partial charge on any atom is 0.270 e. The first-order valence-corrected chi connectivity index (χ1v) is 8.59. The van der Waals surface area contributed by atoms with Gasteiger partial charge in [0.2, 0.25) is 0 Å². The Labute approximate surface area is 112 Å². The first kappa shape index (κ1) is 17.9. The summed E-state index contributed by atoms with van der Waals surface area (Å²) in [5.41, 5.74) is 0. The third-order valence-corrected chi connectivity index (χ3v) is 4.48. The van der Waals surface area contributed by atoms with Crippen molar-refractivity contribution in [3.63, 3.8) is 0 Å². The zero-order valence-electron chi connectivity index (χ0n) is 11.5. The van der Waals surface area contributed by atoms with Gasteiger partial charge in [0.05, 0.1) is 6.61 Å². The highest BCUT2D eigenvalue weighted by Gasteiger charge is 2.20. The van der Waals surface area contributed by atoms with E-state index in [0.717, 1.165) is 19.3 Å². The van der Waals surface area contributed by atoms with E-state index in [9.17, 15) is 8.42 Å². The number of unbranched alkanes of at least 4 members (excludes halogenated alkanes) is 8. The minimum absolute atomic E-state index is 0.352. The molecular weight excluding hydrogens is 252 g/mol. The number of rotatable bonds is 12. The van der Waals surface area contributed by atoms with Gasteiger partial charge in [-0.2, -0.15) is 8.42 Å². The Kier molecular flexibility index (Phi) is 10.7. The second-order valence-electron chi connectivity index (χ2n) is 4.94. The van der Waals surface area contributed by atoms with Gasteiger partial charge in [-0.3, -0.25) is 4.55 Å². The molecule has 0 bridgehead atoms. The van der Waals surface area contributed by atoms with Gasteiger partial charge >= 0.3 is 0 Å². The first-order valence-electron chi connectivity index (χ1n) is 7.09. The largest absolute Gasteiger partial charge is 0.395 e. The zero-order chi connectivity index (χ0) is 13.9. The predicted octanol–water partition coefficient (Wildman–Crippen LogP) is 3.16. The van der Waals surface area contributed by atoms with Crippen molar-refractivity contribution >= 4 is 10.1 Å². The van der Waals surface area contributed by atoms with E-state index in [1.54, 1.807) is 0 Å². The van der Waals surface area contributed by atoms with Crippen LogP contribution in [-0.4, -0.2) is 29.9 Å². The van der Waals surface area contributed by atoms with E-state index in [2.05, 4.69) is 6.92 Å². The summed E-state index contributed by atoms with van der Waals surface area (Å²) in [4.78, 5) is 0. The Morgan fingerprint density at radius 2 is 1.33 bits per heavy atom. The summed E-state index contributed by atoms with van der Waals surface area (Å²) in [6, 6.07) is 0. The monoisotopic (exact) mass is 280 g/mol. The topological polar surface area (TPSA) is 74.6 Å². The van der Waals surface area contributed by atoms with Crippen LogP contribution in [0.4, 0.5) is 0 Å². The Balaban J connectivity index is 3.39. The lowest BCUT2D eigenvalue weighted by atomic mass is 10.1. The molecule has 0 spiro atoms. The Hall–Kier alpha value is -0.130. The van der Waals surface area contributed by atoms with Gasteiger partial charge in [0.15, 0.2) is 0 Å². The molecule has 0 aromatic heterocycles. The highest BCUT2D eigenvalue weighted by Crippen LogP contribution is 2.13. The molecule has 0 saturated carbocycles. The van der Waals surface area contributed by atoms with Crippen molar-refractivity contribution in [1.82, 2.24) is 0 Å². The molecule has 0 radical (unpaired) electrons. The average Bonchev–Trinajstić information content (AvgIpc) is 2.30. The molecule has 0 aromatic rings. The normalized spacial score (nSPS) is 13.7. The van der Waals surface area contributed by atoms with Crippen molar-refractivity contribution in [2.24, 2.45) is 0 Å². The molecule has 110 valence electrons. The molecule has 0 aliphatic rings. The molecule has 0 aromatic carbocycles. The molecule has 0 saturated heterocycles. The van der Waals surface area contributed by atoms with E-state index in [-0.39, 0.29) is 0 Å². The van der Waals surface area contributed by atoms with Gasteiger partial charge in [-0.1, -0.05) is 64.7 Å². The van der Waals surface area contributed by atoms with Crippen LogP contribution in [0.25, 0.3) is 0 Å². The molecule has 18 heavy (non-hydrogen) atoms. The summed E-state index contributed by atoms with van der Waals surface area (Å²) in [6.07, 6.45) is 10.8. The third-order valence-electron chi connectivity index (χ3n) is 3.25. The second-order valence-corrected chi connectivity index (χ2v) is 6.63. The number of aliphatic hydroxyl groups is 1. The fourth-order valence-electron chi connectivity index (χ4n) is 2.02. The summed E-state index contributed by atoms with van der Waals surface area (Å²) >= 11 is 0. The van der Waals surface area contributed by atoms with Crippen molar-refractivity contribution in [2.45, 2.75) is 76.4 Å². The van der Waals surface area contributed by atoms with Crippen LogP contribution in [0.3, 0.4) is 0 Å². The van der Waals surface area contributed by atoms with Crippen molar-refractivity contribution < 1.29 is 18.1 Å². The number of hydrogen-bond acceptors (Lipinski definition) is 3. The maximum atomic E-state index is 10.8. The first-order chi connectivity index (χ1) is 8.52. The average molecular weight is 280 g/mol. The molecule has 1 unspecified atom stereocenters. The lowest BCUT2D eigenvalue weighted by Crippen LogP contribution is -2.24. The molecule has 0 aliphatic heterocycles. The van der Waals surface area contributed by atoms with Crippen molar-refractivity contribution in [3.05, 3.63) is 0 Å². The van der Waals surface area contributed by atoms with Crippen LogP contribution in [0.1, 0.15) is 71.1 Å². The Bertz CT molecular complexity index is 275. The van der Waals surface area contributed by atoms with E-state index in [1.807, 2.05) is 0 Å². The molecule has 4 nitrogen and oxygen atoms in total. The van der Waals surface area contributed by atoms with Crippen molar-refractivity contribution in [2.75, 3.05) is 6.61 Å². The molecule has 0 heterocycles. The van der Waals surface area contributed by atoms with E-state index in [1.165, 1.54) is 38.5 Å². The van der Waals surface area contributed by atoms with Crippen molar-refractivity contribution in [1.29, 1.82) is 0 Å². The summed E-state index contributed by atoms with van der Waals surface area (Å²) < 4.78 is 30.5. The quantitative estimate of drug-likeness (QED) is 0.425. The van der Waals surface area contributed by atoms with Gasteiger partial charge in [0.1, 0.15) is 5.25 Å². The van der Waals surface area contributed by atoms with Gasteiger partial charge in [-0.25, -0.2) is 0 Å². The SMILES string of the molecule is CCCCCCCCCCCC(CO)S(=O)(=O)O. The summed E-state index contributed by atoms with van der Waals surface area (Å²) in [7, 11) is -4.07. The highest BCUT2D eigenvalue weighted by molar-refractivity contribution is 7.86. The number of aliphatic hydroxyl groups excluding tert-OH is 1. The molecule has 0 aliphatic carbocycles. The Morgan fingerprint density at radius 1 is 0.889 bits per heavy atom. The van der Waals surface area contributed by atoms with Crippen LogP contribution in [0.15, 0.2) is 0 Å². The van der Waals surface area contributed by atoms with Crippen LogP contribution in [-0.2, 0) is 10.1 Å². The van der Waals surface area contributed by atoms with Crippen LogP contribution in [0.2, 0.25) is 0 Å². The summed E-state index contributed by atoms with van der Waals surface area (Å²) in [5.74, 6) is 0. The highest BCUT2D eigenvalue weighted by atomic mass is 32.2. The van der Waals surface area contributed by atoms with Crippen LogP contribution < -0.4 is 0 Å². The predicted molar refractivity (Wildman–Crippen MR) is 74.3 cm³/mol. The molecule has 0 rings (SSSR count). The van der Waals surface area contributed by atoms with E-state index < -0.39 is 22.0 Å². The zero-order valence-corrected chi connectivity index (χ0v) is 12.3. The molecular formula is C13H28O4S. The Morgan fingerprint density at radius 3 is 1.72 bits per heavy atom. The molecule has 0 fully saturated rings. The minimum Gasteiger partial charge on any atom is -0.395 e. The molecule has 0 amide bonds. The van der Waals surface area contributed by atoms with Crippen molar-refractivity contribution in [3.8, 4) is 0 Å². The fraction of sp³-hybridized carbons (Fsp3) is 1.00. The lowest BCUT2D eigenvalue weighted by molar-refractivity contribution is 0.276. The molecule has 1 atom stereocenters. The van der Waals surface area contributed by atoms with Gasteiger partial charge in [0.25, 0.3) is 10.1 Å². The van der Waals surface area contributed by atoms with Crippen LogP contribution >= 0.6 is 0 Å². The number of hydrogen-bond donors (Lipinski definition) is 2. The smallest absolute Gasteiger partial charge is 0.270 e. The van der Waals surface area contributed by atoms with E-state index in [4.69, 9.17) is 9.66 Å². The second kappa shape index (κ2) is 10.8. The standard InChI is InChI=1S/C13H28O4S/c1-2-3-4-5-6-7-8-9-10-11-13(12-14)18(15,16)17/h13-14H,2-12H2,1H3,(H,15,16,17). The van der Waals surface area contributed by atoms with Gasteiger partial charge in [0, 0.05) is 0 Å². The van der Waals surface area contributed by atoms with Gasteiger partial charge < -0.3 is 5.11 Å². The molecule has 5 heteroatoms.